The van der Waals surface area contributed by atoms with Crippen molar-refractivity contribution in [2.75, 3.05) is 33.1 Å². The average Bonchev–Trinajstić information content (AvgIpc) is 3.63. The lowest BCUT2D eigenvalue weighted by Gasteiger charge is -2.19. The Balaban J connectivity index is 1.35. The van der Waals surface area contributed by atoms with Crippen LogP contribution < -0.4 is 10.6 Å². The predicted molar refractivity (Wildman–Crippen MR) is 141 cm³/mol. The summed E-state index contributed by atoms with van der Waals surface area (Å²) in [6.07, 6.45) is 3.94. The number of aromatic nitrogens is 3. The van der Waals surface area contributed by atoms with E-state index < -0.39 is 0 Å². The van der Waals surface area contributed by atoms with Gasteiger partial charge in [0.2, 0.25) is 0 Å². The van der Waals surface area contributed by atoms with Crippen molar-refractivity contribution in [1.29, 1.82) is 0 Å². The number of hydrogen-bond donors (Lipinski definition) is 2. The van der Waals surface area contributed by atoms with Gasteiger partial charge in [0.1, 0.15) is 17.3 Å². The first-order valence-corrected chi connectivity index (χ1v) is 12.5. The van der Waals surface area contributed by atoms with Crippen LogP contribution in [0.5, 0.6) is 0 Å². The molecule has 0 radical (unpaired) electrons. The Morgan fingerprint density at radius 2 is 2.13 bits per heavy atom. The number of ether oxygens (including phenoxy) is 2. The molecule has 3 aromatic heterocycles. The van der Waals surface area contributed by atoms with E-state index >= 15 is 0 Å². The Hall–Kier alpha value is -3.86. The Labute approximate surface area is 219 Å². The highest BCUT2D eigenvalue weighted by molar-refractivity contribution is 6.06. The first-order valence-electron chi connectivity index (χ1n) is 12.5. The minimum Gasteiger partial charge on any atom is -0.356 e. The molecule has 0 spiro atoms. The summed E-state index contributed by atoms with van der Waals surface area (Å²) in [6, 6.07) is 10.7. The summed E-state index contributed by atoms with van der Waals surface area (Å²) in [4.78, 5) is 24.3. The Bertz CT molecular complexity index is 1530. The van der Waals surface area contributed by atoms with Gasteiger partial charge in [-0.15, -0.1) is 0 Å². The molecular formula is C28H29FN6O3. The highest BCUT2D eigenvalue weighted by Crippen LogP contribution is 2.36. The highest BCUT2D eigenvalue weighted by Gasteiger charge is 2.30. The van der Waals surface area contributed by atoms with E-state index in [2.05, 4.69) is 26.6 Å². The Morgan fingerprint density at radius 3 is 2.92 bits per heavy atom. The zero-order valence-electron chi connectivity index (χ0n) is 21.5. The molecular weight excluding hydrogens is 487 g/mol. The molecule has 1 saturated heterocycles. The van der Waals surface area contributed by atoms with Crippen molar-refractivity contribution in [2.24, 2.45) is 0 Å². The van der Waals surface area contributed by atoms with Gasteiger partial charge < -0.3 is 25.0 Å². The number of halogens is 1. The molecule has 0 aliphatic carbocycles. The van der Waals surface area contributed by atoms with E-state index in [0.29, 0.717) is 42.4 Å². The summed E-state index contributed by atoms with van der Waals surface area (Å²) in [5.74, 6) is 0.378. The molecule has 0 saturated carbocycles. The van der Waals surface area contributed by atoms with E-state index in [1.54, 1.807) is 19.5 Å². The van der Waals surface area contributed by atoms with Crippen molar-refractivity contribution in [1.82, 2.24) is 24.6 Å². The van der Waals surface area contributed by atoms with Gasteiger partial charge in [-0.2, -0.15) is 0 Å². The summed E-state index contributed by atoms with van der Waals surface area (Å²) in [7, 11) is 5.69. The molecule has 6 rings (SSSR count). The second-order valence-corrected chi connectivity index (χ2v) is 9.94. The number of pyridine rings is 2. The van der Waals surface area contributed by atoms with E-state index in [1.807, 2.05) is 36.7 Å². The lowest BCUT2D eigenvalue weighted by atomic mass is 9.96. The van der Waals surface area contributed by atoms with Crippen LogP contribution in [0, 0.1) is 5.82 Å². The molecule has 196 valence electrons. The molecule has 10 heteroatoms. The van der Waals surface area contributed by atoms with Crippen LogP contribution in [0.15, 0.2) is 48.8 Å². The van der Waals surface area contributed by atoms with Crippen molar-refractivity contribution in [3.8, 4) is 11.3 Å². The van der Waals surface area contributed by atoms with E-state index in [1.165, 1.54) is 12.1 Å². The van der Waals surface area contributed by atoms with Crippen LogP contribution in [0.3, 0.4) is 0 Å². The molecule has 0 unspecified atom stereocenters. The van der Waals surface area contributed by atoms with Crippen LogP contribution in [-0.4, -0.2) is 59.3 Å². The number of carbonyl (C=O) groups excluding carboxylic acids is 1. The first-order chi connectivity index (χ1) is 18.4. The van der Waals surface area contributed by atoms with Crippen LogP contribution in [0.25, 0.3) is 16.9 Å². The van der Waals surface area contributed by atoms with E-state index in [-0.39, 0.29) is 23.9 Å². The number of imidazole rings is 1. The largest absolute Gasteiger partial charge is 0.356 e. The summed E-state index contributed by atoms with van der Waals surface area (Å²) in [5.41, 5.74) is 6.40. The first kappa shape index (κ1) is 24.5. The number of anilines is 2. The number of benzene rings is 1. The third-order valence-electron chi connectivity index (χ3n) is 7.12. The number of amides is 1. The van der Waals surface area contributed by atoms with Crippen molar-refractivity contribution in [3.05, 3.63) is 77.0 Å². The molecule has 1 aromatic carbocycles. The van der Waals surface area contributed by atoms with Crippen molar-refractivity contribution < 1.29 is 18.7 Å². The standard InChI is InChI=1S/C28H29FN6O3/c1-34(2)14-22-18(16-10-26(37-3)38-15-16)5-7-24(33-22)32-21-6-4-19(20-12-31-28(36)27(20)21)23-13-30-25-11-17(29)8-9-35(23)25/h4-9,11,13,16,26H,10,12,14-15H2,1-3H3,(H,31,36)(H,32,33)/t16-,26+/m1/s1. The lowest BCUT2D eigenvalue weighted by Crippen LogP contribution is -2.17. The zero-order chi connectivity index (χ0) is 26.4. The van der Waals surface area contributed by atoms with Gasteiger partial charge in [-0.25, -0.2) is 14.4 Å². The van der Waals surface area contributed by atoms with Gasteiger partial charge in [-0.05, 0) is 43.4 Å². The Morgan fingerprint density at radius 1 is 1.26 bits per heavy atom. The zero-order valence-corrected chi connectivity index (χ0v) is 21.5. The number of fused-ring (bicyclic) bond motifs is 2. The van der Waals surface area contributed by atoms with Crippen molar-refractivity contribution >= 4 is 23.1 Å². The Kier molecular flexibility index (Phi) is 6.30. The van der Waals surface area contributed by atoms with E-state index in [9.17, 15) is 9.18 Å². The maximum absolute atomic E-state index is 13.7. The SMILES string of the molecule is CO[C@@H]1C[C@@H](c2ccc(Nc3ccc(-c4cnc5cc(F)ccn45)c4c3C(=O)NC4)nc2CN(C)C)CO1. The van der Waals surface area contributed by atoms with Crippen molar-refractivity contribution in [2.45, 2.75) is 31.7 Å². The third-order valence-corrected chi connectivity index (χ3v) is 7.12. The number of nitrogens with zero attached hydrogens (tertiary/aromatic N) is 4. The topological polar surface area (TPSA) is 93.0 Å². The van der Waals surface area contributed by atoms with Gasteiger partial charge in [0.15, 0.2) is 6.29 Å². The molecule has 2 aliphatic heterocycles. The van der Waals surface area contributed by atoms with Gasteiger partial charge in [-0.3, -0.25) is 9.20 Å². The normalized spacial score (nSPS) is 18.8. The fourth-order valence-corrected chi connectivity index (χ4v) is 5.34. The number of carbonyl (C=O) groups is 1. The highest BCUT2D eigenvalue weighted by atomic mass is 19.1. The lowest BCUT2D eigenvalue weighted by molar-refractivity contribution is -0.0880. The van der Waals surface area contributed by atoms with Crippen LogP contribution >= 0.6 is 0 Å². The molecule has 2 atom stereocenters. The molecule has 9 nitrogen and oxygen atoms in total. The summed E-state index contributed by atoms with van der Waals surface area (Å²) in [6.45, 7) is 1.66. The number of nitrogens with one attached hydrogen (secondary N) is 2. The molecule has 1 amide bonds. The van der Waals surface area contributed by atoms with Crippen LogP contribution in [0.4, 0.5) is 15.9 Å². The minimum absolute atomic E-state index is 0.150. The maximum Gasteiger partial charge on any atom is 0.254 e. The molecule has 0 bridgehead atoms. The van der Waals surface area contributed by atoms with Gasteiger partial charge in [0.05, 0.1) is 35.4 Å². The van der Waals surface area contributed by atoms with Gasteiger partial charge >= 0.3 is 0 Å². The fourth-order valence-electron chi connectivity index (χ4n) is 5.34. The smallest absolute Gasteiger partial charge is 0.254 e. The van der Waals surface area contributed by atoms with Gasteiger partial charge in [0, 0.05) is 50.4 Å². The van der Waals surface area contributed by atoms with Gasteiger partial charge in [-0.1, -0.05) is 12.1 Å². The van der Waals surface area contributed by atoms with Crippen LogP contribution in [0.1, 0.15) is 39.5 Å². The number of hydrogen-bond acceptors (Lipinski definition) is 7. The maximum atomic E-state index is 13.7. The summed E-state index contributed by atoms with van der Waals surface area (Å²) in [5, 5.41) is 6.33. The molecule has 1 fully saturated rings. The fraction of sp³-hybridized carbons (Fsp3) is 0.321. The number of rotatable bonds is 7. The van der Waals surface area contributed by atoms with Crippen molar-refractivity contribution in [3.63, 3.8) is 0 Å². The summed E-state index contributed by atoms with van der Waals surface area (Å²) < 4.78 is 26.6. The van der Waals surface area contributed by atoms with Crippen LogP contribution in [0.2, 0.25) is 0 Å². The molecule has 2 N–H and O–H groups in total. The van der Waals surface area contributed by atoms with Crippen LogP contribution in [-0.2, 0) is 22.6 Å². The molecule has 5 heterocycles. The molecule has 38 heavy (non-hydrogen) atoms. The quantitative estimate of drug-likeness (QED) is 0.383. The molecule has 2 aliphatic rings. The predicted octanol–water partition coefficient (Wildman–Crippen LogP) is 4.06. The monoisotopic (exact) mass is 516 g/mol. The second kappa shape index (κ2) is 9.79. The average molecular weight is 517 g/mol. The van der Waals surface area contributed by atoms with E-state index in [4.69, 9.17) is 14.5 Å². The van der Waals surface area contributed by atoms with E-state index in [0.717, 1.165) is 34.5 Å². The summed E-state index contributed by atoms with van der Waals surface area (Å²) >= 11 is 0. The minimum atomic E-state index is -0.345. The van der Waals surface area contributed by atoms with Gasteiger partial charge in [0.25, 0.3) is 5.91 Å². The number of methoxy groups -OCH3 is 1. The second-order valence-electron chi connectivity index (χ2n) is 9.94. The molecule has 4 aromatic rings. The third kappa shape index (κ3) is 4.40.